The van der Waals surface area contributed by atoms with Crippen LogP contribution in [0.3, 0.4) is 0 Å². The Hall–Kier alpha value is -1.59. The lowest BCUT2D eigenvalue weighted by molar-refractivity contribution is -0.165. The van der Waals surface area contributed by atoms with E-state index in [0.717, 1.165) is 25.7 Å². The predicted molar refractivity (Wildman–Crippen MR) is 67.4 cm³/mol. The van der Waals surface area contributed by atoms with Gasteiger partial charge in [0.1, 0.15) is 6.04 Å². The summed E-state index contributed by atoms with van der Waals surface area (Å²) < 4.78 is 4.97. The van der Waals surface area contributed by atoms with Crippen LogP contribution in [0.2, 0.25) is 0 Å². The second-order valence-electron chi connectivity index (χ2n) is 4.77. The van der Waals surface area contributed by atoms with Gasteiger partial charge >= 0.3 is 11.9 Å². The average Bonchev–Trinajstić information content (AvgIpc) is 2.79. The molecule has 2 atom stereocenters. The topological polar surface area (TPSA) is 92.7 Å². The lowest BCUT2D eigenvalue weighted by Crippen LogP contribution is -2.38. The Balaban J connectivity index is 2.37. The number of unbranched alkanes of at least 4 members (excludes halogenated alkanes) is 3. The van der Waals surface area contributed by atoms with Gasteiger partial charge in [0.05, 0.1) is 0 Å². The normalized spacial score (nSPS) is 19.8. The van der Waals surface area contributed by atoms with Gasteiger partial charge in [-0.1, -0.05) is 26.2 Å². The van der Waals surface area contributed by atoms with Gasteiger partial charge in [0.15, 0.2) is 6.10 Å². The first-order chi connectivity index (χ1) is 9.04. The molecule has 0 radical (unpaired) electrons. The quantitative estimate of drug-likeness (QED) is 0.511. The van der Waals surface area contributed by atoms with E-state index in [9.17, 15) is 14.4 Å². The second kappa shape index (κ2) is 7.76. The third-order valence-corrected chi connectivity index (χ3v) is 3.13. The van der Waals surface area contributed by atoms with Crippen LogP contribution in [0.25, 0.3) is 0 Å². The van der Waals surface area contributed by atoms with E-state index in [-0.39, 0.29) is 12.3 Å². The molecule has 0 aliphatic carbocycles. The smallest absolute Gasteiger partial charge is 0.345 e. The van der Waals surface area contributed by atoms with Crippen molar-refractivity contribution in [3.8, 4) is 0 Å². The third-order valence-electron chi connectivity index (χ3n) is 3.13. The van der Waals surface area contributed by atoms with Gasteiger partial charge in [0.2, 0.25) is 5.91 Å². The largest absolute Gasteiger partial charge is 0.479 e. The minimum Gasteiger partial charge on any atom is -0.479 e. The van der Waals surface area contributed by atoms with Gasteiger partial charge in [-0.25, -0.2) is 9.59 Å². The van der Waals surface area contributed by atoms with Crippen molar-refractivity contribution in [2.24, 2.45) is 0 Å². The van der Waals surface area contributed by atoms with Crippen LogP contribution in [-0.4, -0.2) is 35.1 Å². The van der Waals surface area contributed by atoms with Crippen LogP contribution in [-0.2, 0) is 19.1 Å². The highest BCUT2D eigenvalue weighted by Gasteiger charge is 2.31. The lowest BCUT2D eigenvalue weighted by atomic mass is 10.1. The molecule has 108 valence electrons. The average molecular weight is 271 g/mol. The molecular weight excluding hydrogens is 250 g/mol. The van der Waals surface area contributed by atoms with E-state index in [1.807, 2.05) is 0 Å². The number of carboxylic acid groups (broad SMARTS) is 1. The summed E-state index contributed by atoms with van der Waals surface area (Å²) in [5.41, 5.74) is 0. The Morgan fingerprint density at radius 1 is 1.42 bits per heavy atom. The minimum absolute atomic E-state index is 0.197. The molecule has 0 aromatic heterocycles. The molecule has 6 nitrogen and oxygen atoms in total. The Morgan fingerprint density at radius 2 is 2.16 bits per heavy atom. The molecule has 0 aromatic rings. The zero-order chi connectivity index (χ0) is 14.3. The van der Waals surface area contributed by atoms with Gasteiger partial charge in [-0.2, -0.15) is 0 Å². The molecule has 19 heavy (non-hydrogen) atoms. The van der Waals surface area contributed by atoms with E-state index in [1.54, 1.807) is 0 Å². The summed E-state index contributed by atoms with van der Waals surface area (Å²) in [6.07, 6.45) is 3.62. The van der Waals surface area contributed by atoms with Gasteiger partial charge in [-0.3, -0.25) is 4.79 Å². The number of ether oxygens (including phenoxy) is 1. The Bertz CT molecular complexity index is 342. The van der Waals surface area contributed by atoms with E-state index in [4.69, 9.17) is 9.84 Å². The van der Waals surface area contributed by atoms with Crippen molar-refractivity contribution >= 4 is 17.8 Å². The summed E-state index contributed by atoms with van der Waals surface area (Å²) in [7, 11) is 0. The van der Waals surface area contributed by atoms with Gasteiger partial charge in [-0.05, 0) is 19.3 Å². The highest BCUT2D eigenvalue weighted by Crippen LogP contribution is 2.13. The van der Waals surface area contributed by atoms with Gasteiger partial charge in [0.25, 0.3) is 0 Å². The van der Waals surface area contributed by atoms with Crippen LogP contribution in [0.4, 0.5) is 0 Å². The van der Waals surface area contributed by atoms with Crippen LogP contribution in [0.5, 0.6) is 0 Å². The standard InChI is InChI=1S/C13H21NO5/c1-2-3-4-5-6-10(12(16)17)19-13(18)9-7-8-11(15)14-9/h9-10H,2-8H2,1H3,(H,14,15)(H,16,17)/t9-,10?/m0/s1. The van der Waals surface area contributed by atoms with E-state index in [0.29, 0.717) is 12.8 Å². The summed E-state index contributed by atoms with van der Waals surface area (Å²) in [5, 5.41) is 11.5. The van der Waals surface area contributed by atoms with Gasteiger partial charge in [-0.15, -0.1) is 0 Å². The number of rotatable bonds is 8. The SMILES string of the molecule is CCCCCCC(OC(=O)[C@@H]1CCC(=O)N1)C(=O)O. The lowest BCUT2D eigenvalue weighted by Gasteiger charge is -2.16. The highest BCUT2D eigenvalue weighted by molar-refractivity contribution is 5.89. The fraction of sp³-hybridized carbons (Fsp3) is 0.769. The molecule has 0 spiro atoms. The zero-order valence-corrected chi connectivity index (χ0v) is 11.2. The van der Waals surface area contributed by atoms with Gasteiger partial charge < -0.3 is 15.2 Å². The number of esters is 1. The first-order valence-electron chi connectivity index (χ1n) is 6.77. The minimum atomic E-state index is -1.13. The molecule has 1 aliphatic rings. The molecule has 1 amide bonds. The molecule has 0 aromatic carbocycles. The fourth-order valence-corrected chi connectivity index (χ4v) is 2.00. The number of nitrogens with one attached hydrogen (secondary N) is 1. The van der Waals surface area contributed by atoms with Crippen molar-refractivity contribution in [1.29, 1.82) is 0 Å². The molecule has 1 saturated heterocycles. The highest BCUT2D eigenvalue weighted by atomic mass is 16.6. The van der Waals surface area contributed by atoms with E-state index < -0.39 is 24.1 Å². The van der Waals surface area contributed by atoms with Crippen LogP contribution in [0, 0.1) is 0 Å². The number of carbonyl (C=O) groups is 3. The van der Waals surface area contributed by atoms with Crippen molar-refractivity contribution in [2.75, 3.05) is 0 Å². The molecule has 1 rings (SSSR count). The maximum absolute atomic E-state index is 11.7. The first-order valence-corrected chi connectivity index (χ1v) is 6.77. The summed E-state index contributed by atoms with van der Waals surface area (Å²) in [6, 6.07) is -0.690. The van der Waals surface area contributed by atoms with Crippen molar-refractivity contribution in [2.45, 2.75) is 64.0 Å². The van der Waals surface area contributed by atoms with Crippen molar-refractivity contribution in [3.05, 3.63) is 0 Å². The van der Waals surface area contributed by atoms with Crippen molar-refractivity contribution < 1.29 is 24.2 Å². The number of hydrogen-bond acceptors (Lipinski definition) is 4. The number of carbonyl (C=O) groups excluding carboxylic acids is 2. The maximum atomic E-state index is 11.7. The zero-order valence-electron chi connectivity index (χ0n) is 11.2. The molecule has 2 N–H and O–H groups in total. The summed E-state index contributed by atoms with van der Waals surface area (Å²) >= 11 is 0. The third kappa shape index (κ3) is 5.28. The Labute approximate surface area is 112 Å². The molecular formula is C13H21NO5. The van der Waals surface area contributed by atoms with Crippen LogP contribution in [0.15, 0.2) is 0 Å². The summed E-state index contributed by atoms with van der Waals surface area (Å²) in [4.78, 5) is 33.7. The van der Waals surface area contributed by atoms with Gasteiger partial charge in [0, 0.05) is 6.42 Å². The van der Waals surface area contributed by atoms with E-state index in [1.165, 1.54) is 0 Å². The molecule has 1 fully saturated rings. The van der Waals surface area contributed by atoms with Crippen LogP contribution in [0.1, 0.15) is 51.9 Å². The summed E-state index contributed by atoms with van der Waals surface area (Å²) in [6.45, 7) is 2.07. The molecule has 1 unspecified atom stereocenters. The van der Waals surface area contributed by atoms with E-state index >= 15 is 0 Å². The maximum Gasteiger partial charge on any atom is 0.345 e. The predicted octanol–water partition coefficient (Wildman–Crippen LogP) is 1.23. The fourth-order valence-electron chi connectivity index (χ4n) is 2.00. The van der Waals surface area contributed by atoms with Crippen molar-refractivity contribution in [3.63, 3.8) is 0 Å². The molecule has 6 heteroatoms. The van der Waals surface area contributed by atoms with Crippen LogP contribution >= 0.6 is 0 Å². The monoisotopic (exact) mass is 271 g/mol. The van der Waals surface area contributed by atoms with Crippen LogP contribution < -0.4 is 5.32 Å². The second-order valence-corrected chi connectivity index (χ2v) is 4.77. The molecule has 1 aliphatic heterocycles. The Kier molecular flexibility index (Phi) is 6.32. The number of hydrogen-bond donors (Lipinski definition) is 2. The molecule has 1 heterocycles. The number of carboxylic acids is 1. The number of amides is 1. The number of aliphatic carboxylic acids is 1. The van der Waals surface area contributed by atoms with E-state index in [2.05, 4.69) is 12.2 Å². The molecule has 0 saturated carbocycles. The Morgan fingerprint density at radius 3 is 2.68 bits per heavy atom. The van der Waals surface area contributed by atoms with Crippen molar-refractivity contribution in [1.82, 2.24) is 5.32 Å². The molecule has 0 bridgehead atoms. The first kappa shape index (κ1) is 15.5. The summed E-state index contributed by atoms with van der Waals surface area (Å²) in [5.74, 6) is -1.97.